The monoisotopic (exact) mass is 302 g/mol. The second-order valence-corrected chi connectivity index (χ2v) is 6.38. The quantitative estimate of drug-likeness (QED) is 0.858. The highest BCUT2D eigenvalue weighted by atomic mass is 35.5. The molecule has 0 bridgehead atoms. The first-order chi connectivity index (χ1) is 8.80. The fraction of sp³-hybridized carbons (Fsp3) is 0.600. The fourth-order valence-corrected chi connectivity index (χ4v) is 2.61. The van der Waals surface area contributed by atoms with Crippen LogP contribution in [-0.4, -0.2) is 37.1 Å². The maximum atomic E-state index is 6.28. The van der Waals surface area contributed by atoms with Gasteiger partial charge in [-0.05, 0) is 58.6 Å². The molecular weight excluding hydrogens is 279 g/mol. The van der Waals surface area contributed by atoms with Crippen LogP contribution in [0.5, 0.6) is 0 Å². The molecule has 1 aromatic carbocycles. The van der Waals surface area contributed by atoms with Crippen LogP contribution >= 0.6 is 23.2 Å². The van der Waals surface area contributed by atoms with Crippen LogP contribution in [0.25, 0.3) is 0 Å². The molecule has 1 atom stereocenters. The molecule has 0 fully saturated rings. The van der Waals surface area contributed by atoms with E-state index >= 15 is 0 Å². The van der Waals surface area contributed by atoms with Crippen LogP contribution in [0.2, 0.25) is 10.0 Å². The minimum Gasteiger partial charge on any atom is -0.312 e. The van der Waals surface area contributed by atoms with E-state index in [1.165, 1.54) is 0 Å². The maximum Gasteiger partial charge on any atom is 0.0453 e. The van der Waals surface area contributed by atoms with E-state index in [1.807, 2.05) is 18.2 Å². The highest BCUT2D eigenvalue weighted by molar-refractivity contribution is 6.36. The molecule has 0 saturated carbocycles. The van der Waals surface area contributed by atoms with Crippen molar-refractivity contribution in [2.45, 2.75) is 38.8 Å². The van der Waals surface area contributed by atoms with Crippen molar-refractivity contribution in [3.8, 4) is 0 Å². The molecule has 0 saturated heterocycles. The Hall–Kier alpha value is -0.280. The number of rotatable bonds is 6. The summed E-state index contributed by atoms with van der Waals surface area (Å²) in [6.45, 7) is 7.49. The lowest BCUT2D eigenvalue weighted by Crippen LogP contribution is -2.56. The van der Waals surface area contributed by atoms with Gasteiger partial charge in [0.15, 0.2) is 0 Å². The zero-order chi connectivity index (χ0) is 14.6. The van der Waals surface area contributed by atoms with Gasteiger partial charge in [-0.25, -0.2) is 0 Å². The fourth-order valence-electron chi connectivity index (χ4n) is 2.06. The molecular formula is C15H24Cl2N2. The Bertz CT molecular complexity index is 396. The molecule has 2 nitrogen and oxygen atoms in total. The zero-order valence-corrected chi connectivity index (χ0v) is 13.9. The average molecular weight is 303 g/mol. The third kappa shape index (κ3) is 4.09. The van der Waals surface area contributed by atoms with Crippen molar-refractivity contribution in [2.24, 2.45) is 0 Å². The summed E-state index contributed by atoms with van der Waals surface area (Å²) in [6.07, 6.45) is 0.817. The van der Waals surface area contributed by atoms with Gasteiger partial charge in [0, 0.05) is 21.6 Å². The van der Waals surface area contributed by atoms with E-state index in [0.29, 0.717) is 0 Å². The van der Waals surface area contributed by atoms with E-state index < -0.39 is 0 Å². The molecule has 108 valence electrons. The molecule has 0 aliphatic rings. The molecule has 19 heavy (non-hydrogen) atoms. The van der Waals surface area contributed by atoms with Crippen LogP contribution in [0.15, 0.2) is 18.2 Å². The number of hydrogen-bond donors (Lipinski definition) is 1. The summed E-state index contributed by atoms with van der Waals surface area (Å²) in [5.41, 5.74) is 1.03. The first-order valence-corrected chi connectivity index (χ1v) is 7.40. The summed E-state index contributed by atoms with van der Waals surface area (Å²) >= 11 is 12.6. The molecule has 1 aromatic rings. The average Bonchev–Trinajstić information content (AvgIpc) is 2.32. The second-order valence-electron chi connectivity index (χ2n) is 5.56. The van der Waals surface area contributed by atoms with E-state index in [2.05, 4.69) is 45.1 Å². The van der Waals surface area contributed by atoms with Crippen molar-refractivity contribution in [3.63, 3.8) is 0 Å². The maximum absolute atomic E-state index is 6.28. The number of halogens is 2. The van der Waals surface area contributed by atoms with Crippen LogP contribution in [0.1, 0.15) is 26.3 Å². The molecule has 0 heterocycles. The van der Waals surface area contributed by atoms with Gasteiger partial charge in [-0.15, -0.1) is 0 Å². The van der Waals surface area contributed by atoms with Gasteiger partial charge in [-0.3, -0.25) is 0 Å². The zero-order valence-electron chi connectivity index (χ0n) is 12.4. The van der Waals surface area contributed by atoms with E-state index in [4.69, 9.17) is 23.2 Å². The first-order valence-electron chi connectivity index (χ1n) is 6.64. The van der Waals surface area contributed by atoms with E-state index in [-0.39, 0.29) is 11.6 Å². The summed E-state index contributed by atoms with van der Waals surface area (Å²) < 4.78 is 0. The summed E-state index contributed by atoms with van der Waals surface area (Å²) in [5.74, 6) is 0. The van der Waals surface area contributed by atoms with Crippen molar-refractivity contribution in [2.75, 3.05) is 20.6 Å². The number of hydrogen-bond acceptors (Lipinski definition) is 2. The van der Waals surface area contributed by atoms with Gasteiger partial charge in [-0.2, -0.15) is 0 Å². The molecule has 0 radical (unpaired) electrons. The summed E-state index contributed by atoms with van der Waals surface area (Å²) in [7, 11) is 4.19. The molecule has 1 unspecified atom stereocenters. The van der Waals surface area contributed by atoms with Crippen LogP contribution in [0.3, 0.4) is 0 Å². The molecule has 0 spiro atoms. The molecule has 1 rings (SSSR count). The largest absolute Gasteiger partial charge is 0.312 e. The first kappa shape index (κ1) is 16.8. The van der Waals surface area contributed by atoms with Crippen LogP contribution in [-0.2, 0) is 6.42 Å². The third-order valence-electron chi connectivity index (χ3n) is 3.93. The lowest BCUT2D eigenvalue weighted by Gasteiger charge is -2.41. The topological polar surface area (TPSA) is 15.3 Å². The van der Waals surface area contributed by atoms with Crippen molar-refractivity contribution in [1.29, 1.82) is 0 Å². The van der Waals surface area contributed by atoms with Gasteiger partial charge in [0.25, 0.3) is 0 Å². The SMILES string of the molecule is CCNC(Cc1c(Cl)cccc1Cl)C(C)(C)N(C)C. The lowest BCUT2D eigenvalue weighted by molar-refractivity contribution is 0.138. The van der Waals surface area contributed by atoms with Gasteiger partial charge in [0.2, 0.25) is 0 Å². The predicted octanol–water partition coefficient (Wildman–Crippen LogP) is 3.85. The summed E-state index contributed by atoms with van der Waals surface area (Å²) in [4.78, 5) is 2.23. The van der Waals surface area contributed by atoms with Gasteiger partial charge >= 0.3 is 0 Å². The Morgan fingerprint density at radius 1 is 1.21 bits per heavy atom. The smallest absolute Gasteiger partial charge is 0.0453 e. The normalized spacial score (nSPS) is 13.9. The number of nitrogens with one attached hydrogen (secondary N) is 1. The minimum absolute atomic E-state index is 0.0124. The van der Waals surface area contributed by atoms with Gasteiger partial charge in [-0.1, -0.05) is 36.2 Å². The third-order valence-corrected chi connectivity index (χ3v) is 4.63. The molecule has 1 N–H and O–H groups in total. The van der Waals surface area contributed by atoms with Crippen molar-refractivity contribution in [1.82, 2.24) is 10.2 Å². The lowest BCUT2D eigenvalue weighted by atomic mass is 9.88. The molecule has 0 aliphatic heterocycles. The van der Waals surface area contributed by atoms with Crippen molar-refractivity contribution >= 4 is 23.2 Å². The molecule has 0 aromatic heterocycles. The molecule has 0 aliphatic carbocycles. The standard InChI is InChI=1S/C15H24Cl2N2/c1-6-18-14(15(2,3)19(4)5)10-11-12(16)8-7-9-13(11)17/h7-9,14,18H,6,10H2,1-5H3. The second kappa shape index (κ2) is 6.94. The highest BCUT2D eigenvalue weighted by Crippen LogP contribution is 2.28. The van der Waals surface area contributed by atoms with Gasteiger partial charge < -0.3 is 10.2 Å². The molecule has 0 amide bonds. The van der Waals surface area contributed by atoms with E-state index in [9.17, 15) is 0 Å². The van der Waals surface area contributed by atoms with E-state index in [1.54, 1.807) is 0 Å². The van der Waals surface area contributed by atoms with Crippen molar-refractivity contribution in [3.05, 3.63) is 33.8 Å². The van der Waals surface area contributed by atoms with Crippen LogP contribution < -0.4 is 5.32 Å². The Morgan fingerprint density at radius 2 is 1.74 bits per heavy atom. The van der Waals surface area contributed by atoms with Gasteiger partial charge in [0.1, 0.15) is 0 Å². The van der Waals surface area contributed by atoms with Gasteiger partial charge in [0.05, 0.1) is 0 Å². The summed E-state index contributed by atoms with van der Waals surface area (Å²) in [6, 6.07) is 5.96. The molecule has 4 heteroatoms. The Kier molecular flexibility index (Phi) is 6.13. The summed E-state index contributed by atoms with van der Waals surface area (Å²) in [5, 5.41) is 5.03. The Morgan fingerprint density at radius 3 is 2.16 bits per heavy atom. The Labute approximate surface area is 127 Å². The van der Waals surface area contributed by atoms with Crippen molar-refractivity contribution < 1.29 is 0 Å². The number of benzene rings is 1. The van der Waals surface area contributed by atoms with Crippen LogP contribution in [0, 0.1) is 0 Å². The minimum atomic E-state index is 0.0124. The van der Waals surface area contributed by atoms with Crippen LogP contribution in [0.4, 0.5) is 0 Å². The predicted molar refractivity (Wildman–Crippen MR) is 85.4 cm³/mol. The number of nitrogens with zero attached hydrogens (tertiary/aromatic N) is 1. The highest BCUT2D eigenvalue weighted by Gasteiger charge is 2.31. The van der Waals surface area contributed by atoms with E-state index in [0.717, 1.165) is 28.6 Å². The Balaban J connectivity index is 3.03. The number of likely N-dealkylation sites (N-methyl/N-ethyl adjacent to an activating group) is 2.